The lowest BCUT2D eigenvalue weighted by atomic mass is 9.82. The van der Waals surface area contributed by atoms with Gasteiger partial charge in [-0.15, -0.1) is 0 Å². The van der Waals surface area contributed by atoms with Crippen molar-refractivity contribution < 1.29 is 28.9 Å². The molecule has 0 bridgehead atoms. The van der Waals surface area contributed by atoms with E-state index in [0.717, 1.165) is 0 Å². The molecule has 1 N–H and O–H groups in total. The number of ketones is 1. The fourth-order valence-corrected chi connectivity index (χ4v) is 3.08. The lowest BCUT2D eigenvalue weighted by molar-refractivity contribution is -0.130. The Bertz CT molecular complexity index is 762. The molecule has 0 spiro atoms. The van der Waals surface area contributed by atoms with E-state index in [1.54, 1.807) is 39.0 Å². The molecule has 1 atom stereocenters. The number of aliphatic hydroxyl groups excluding tert-OH is 1. The molecule has 1 aliphatic heterocycles. The highest BCUT2D eigenvalue weighted by Gasteiger charge is 2.45. The summed E-state index contributed by atoms with van der Waals surface area (Å²) in [5.74, 6) is -0.368. The minimum absolute atomic E-state index is 0.0934. The normalized spacial score (nSPS) is 17.5. The molecule has 0 saturated heterocycles. The van der Waals surface area contributed by atoms with Gasteiger partial charge in [0.15, 0.2) is 23.0 Å². The van der Waals surface area contributed by atoms with Crippen molar-refractivity contribution in [1.29, 1.82) is 0 Å². The molecule has 7 nitrogen and oxygen atoms in total. The van der Waals surface area contributed by atoms with Crippen LogP contribution in [0.2, 0.25) is 0 Å². The van der Waals surface area contributed by atoms with E-state index in [-0.39, 0.29) is 24.5 Å². The third-order valence-electron chi connectivity index (χ3n) is 4.49. The van der Waals surface area contributed by atoms with Crippen LogP contribution in [0.5, 0.6) is 11.5 Å². The summed E-state index contributed by atoms with van der Waals surface area (Å²) >= 11 is 0. The van der Waals surface area contributed by atoms with E-state index < -0.39 is 23.1 Å². The summed E-state index contributed by atoms with van der Waals surface area (Å²) in [5.41, 5.74) is -0.0140. The van der Waals surface area contributed by atoms with E-state index in [2.05, 4.69) is 0 Å². The molecule has 0 radical (unpaired) electrons. The van der Waals surface area contributed by atoms with Gasteiger partial charge in [-0.05, 0) is 17.7 Å². The molecule has 148 valence electrons. The highest BCUT2D eigenvalue weighted by Crippen LogP contribution is 2.42. The zero-order valence-corrected chi connectivity index (χ0v) is 16.7. The van der Waals surface area contributed by atoms with Gasteiger partial charge in [-0.3, -0.25) is 9.59 Å². The molecule has 27 heavy (non-hydrogen) atoms. The maximum atomic E-state index is 13.0. The third kappa shape index (κ3) is 3.93. The van der Waals surface area contributed by atoms with Gasteiger partial charge >= 0.3 is 0 Å². The average Bonchev–Trinajstić information content (AvgIpc) is 2.88. The minimum atomic E-state index is -0.754. The fourth-order valence-electron chi connectivity index (χ4n) is 3.08. The Morgan fingerprint density at radius 3 is 2.30 bits per heavy atom. The number of nitrogens with zero attached hydrogens (tertiary/aromatic N) is 1. The van der Waals surface area contributed by atoms with Gasteiger partial charge < -0.3 is 24.2 Å². The number of carbonyl (C=O) groups is 2. The maximum absolute atomic E-state index is 13.0. The Morgan fingerprint density at radius 1 is 1.15 bits per heavy atom. The van der Waals surface area contributed by atoms with Crippen molar-refractivity contribution in [2.24, 2.45) is 5.41 Å². The number of ether oxygens (including phenoxy) is 3. The van der Waals surface area contributed by atoms with Crippen molar-refractivity contribution in [2.75, 3.05) is 34.5 Å². The van der Waals surface area contributed by atoms with Gasteiger partial charge in [-0.25, -0.2) is 0 Å². The molecular formula is C20H27NO6. The first-order chi connectivity index (χ1) is 12.7. The first-order valence-electron chi connectivity index (χ1n) is 8.67. The summed E-state index contributed by atoms with van der Waals surface area (Å²) in [5, 5.41) is 10.5. The number of aliphatic hydroxyl groups is 1. The standard InChI is InChI=1S/C20H27NO6/c1-20(2,3)18(23)15-16(21(9-10-25-4)19(24)17(15)22)12-7-8-13(26-5)14(11-12)27-6/h7-8,11,16,22H,9-10H2,1-6H3. The van der Waals surface area contributed by atoms with Gasteiger partial charge in [0.25, 0.3) is 5.91 Å². The van der Waals surface area contributed by atoms with Gasteiger partial charge in [0.1, 0.15) is 0 Å². The second kappa shape index (κ2) is 8.00. The van der Waals surface area contributed by atoms with Crippen molar-refractivity contribution in [3.05, 3.63) is 35.1 Å². The van der Waals surface area contributed by atoms with Crippen LogP contribution in [0.3, 0.4) is 0 Å². The first kappa shape index (κ1) is 20.8. The number of carbonyl (C=O) groups excluding carboxylic acids is 2. The number of hydrogen-bond donors (Lipinski definition) is 1. The smallest absolute Gasteiger partial charge is 0.290 e. The molecule has 2 rings (SSSR count). The van der Waals surface area contributed by atoms with E-state index in [9.17, 15) is 14.7 Å². The highest BCUT2D eigenvalue weighted by molar-refractivity contribution is 6.10. The summed E-state index contributed by atoms with van der Waals surface area (Å²) in [6.07, 6.45) is 0. The van der Waals surface area contributed by atoms with Crippen molar-refractivity contribution in [1.82, 2.24) is 4.90 Å². The largest absolute Gasteiger partial charge is 0.503 e. The van der Waals surface area contributed by atoms with Crippen LogP contribution in [0, 0.1) is 5.41 Å². The van der Waals surface area contributed by atoms with Crippen LogP contribution in [-0.2, 0) is 14.3 Å². The molecule has 1 heterocycles. The number of amides is 1. The van der Waals surface area contributed by atoms with Crippen molar-refractivity contribution in [3.8, 4) is 11.5 Å². The second-order valence-corrected chi connectivity index (χ2v) is 7.35. The van der Waals surface area contributed by atoms with E-state index in [1.165, 1.54) is 26.2 Å². The monoisotopic (exact) mass is 377 g/mol. The molecule has 1 aliphatic rings. The lowest BCUT2D eigenvalue weighted by Crippen LogP contribution is -2.35. The summed E-state index contributed by atoms with van der Waals surface area (Å²) < 4.78 is 15.7. The number of Topliss-reactive ketones (excluding diaryl/α,β-unsaturated/α-hetero) is 1. The molecule has 0 aromatic heterocycles. The molecular weight excluding hydrogens is 350 g/mol. The molecule has 0 saturated carbocycles. The van der Waals surface area contributed by atoms with Gasteiger partial charge in [0, 0.05) is 19.1 Å². The minimum Gasteiger partial charge on any atom is -0.503 e. The molecule has 1 amide bonds. The summed E-state index contributed by atoms with van der Waals surface area (Å²) in [4.78, 5) is 27.1. The second-order valence-electron chi connectivity index (χ2n) is 7.35. The summed E-state index contributed by atoms with van der Waals surface area (Å²) in [6.45, 7) is 5.77. The van der Waals surface area contributed by atoms with E-state index >= 15 is 0 Å². The molecule has 7 heteroatoms. The van der Waals surface area contributed by atoms with Gasteiger partial charge in [-0.1, -0.05) is 26.8 Å². The van der Waals surface area contributed by atoms with Crippen LogP contribution in [0.4, 0.5) is 0 Å². The fraction of sp³-hybridized carbons (Fsp3) is 0.500. The van der Waals surface area contributed by atoms with Crippen LogP contribution in [0.25, 0.3) is 0 Å². The van der Waals surface area contributed by atoms with Crippen molar-refractivity contribution in [2.45, 2.75) is 26.8 Å². The van der Waals surface area contributed by atoms with Crippen LogP contribution in [0.15, 0.2) is 29.5 Å². The van der Waals surface area contributed by atoms with Gasteiger partial charge in [0.2, 0.25) is 0 Å². The van der Waals surface area contributed by atoms with E-state index in [0.29, 0.717) is 17.1 Å². The molecule has 0 aliphatic carbocycles. The molecule has 0 fully saturated rings. The zero-order valence-electron chi connectivity index (χ0n) is 16.7. The Balaban J connectivity index is 2.61. The topological polar surface area (TPSA) is 85.3 Å². The summed E-state index contributed by atoms with van der Waals surface area (Å²) in [7, 11) is 4.57. The Morgan fingerprint density at radius 2 is 1.78 bits per heavy atom. The first-order valence-corrected chi connectivity index (χ1v) is 8.67. The maximum Gasteiger partial charge on any atom is 0.290 e. The van der Waals surface area contributed by atoms with Gasteiger partial charge in [-0.2, -0.15) is 0 Å². The van der Waals surface area contributed by atoms with E-state index in [1.807, 2.05) is 0 Å². The quantitative estimate of drug-likeness (QED) is 0.786. The predicted molar refractivity (Wildman–Crippen MR) is 100.0 cm³/mol. The molecule has 1 aromatic rings. The number of hydrogen-bond acceptors (Lipinski definition) is 6. The lowest BCUT2D eigenvalue weighted by Gasteiger charge is -2.29. The van der Waals surface area contributed by atoms with Crippen molar-refractivity contribution >= 4 is 11.7 Å². The highest BCUT2D eigenvalue weighted by atomic mass is 16.5. The molecule has 1 unspecified atom stereocenters. The number of rotatable bonds is 7. The number of benzene rings is 1. The van der Waals surface area contributed by atoms with Crippen LogP contribution in [-0.4, -0.2) is 56.2 Å². The Kier molecular flexibility index (Phi) is 6.15. The molecule has 1 aromatic carbocycles. The Hall–Kier alpha value is -2.54. The van der Waals surface area contributed by atoms with E-state index in [4.69, 9.17) is 14.2 Å². The number of methoxy groups -OCH3 is 3. The summed E-state index contributed by atoms with van der Waals surface area (Å²) in [6, 6.07) is 4.46. The van der Waals surface area contributed by atoms with Gasteiger partial charge in [0.05, 0.1) is 32.4 Å². The predicted octanol–water partition coefficient (Wildman–Crippen LogP) is 2.66. The Labute approximate surface area is 159 Å². The third-order valence-corrected chi connectivity index (χ3v) is 4.49. The van der Waals surface area contributed by atoms with Crippen LogP contribution >= 0.6 is 0 Å². The average molecular weight is 377 g/mol. The SMILES string of the molecule is COCCN1C(=O)C(O)=C(C(=O)C(C)(C)C)C1c1ccc(OC)c(OC)c1. The van der Waals surface area contributed by atoms with Crippen molar-refractivity contribution in [3.63, 3.8) is 0 Å². The van der Waals surface area contributed by atoms with Crippen LogP contribution in [0.1, 0.15) is 32.4 Å². The zero-order chi connectivity index (χ0) is 20.4. The van der Waals surface area contributed by atoms with Crippen LogP contribution < -0.4 is 9.47 Å².